The fraction of sp³-hybridized carbons (Fsp3) is 0.273. The number of alkyl carbamates (subject to hydrolysis) is 1. The van der Waals surface area contributed by atoms with Crippen molar-refractivity contribution in [2.24, 2.45) is 0 Å². The number of carbonyl (C=O) groups is 3. The van der Waals surface area contributed by atoms with Gasteiger partial charge in [0.05, 0.1) is 11.5 Å². The van der Waals surface area contributed by atoms with Crippen LogP contribution in [0.4, 0.5) is 10.5 Å². The molecule has 0 aliphatic carbocycles. The van der Waals surface area contributed by atoms with E-state index < -0.39 is 17.6 Å². The summed E-state index contributed by atoms with van der Waals surface area (Å²) in [5.74, 6) is -1.37. The third-order valence-corrected chi connectivity index (χ3v) is 6.44. The van der Waals surface area contributed by atoms with Crippen molar-refractivity contribution in [3.8, 4) is 0 Å². The van der Waals surface area contributed by atoms with Crippen LogP contribution in [-0.4, -0.2) is 35.1 Å². The molecule has 0 fully saturated rings. The molecule has 1 atom stereocenters. The van der Waals surface area contributed by atoms with Crippen LogP contribution in [0.3, 0.4) is 0 Å². The largest absolute Gasteiger partial charge is 0.457 e. The Labute approximate surface area is 240 Å². The molecule has 2 amide bonds. The van der Waals surface area contributed by atoms with E-state index in [-0.39, 0.29) is 25.0 Å². The van der Waals surface area contributed by atoms with Gasteiger partial charge in [-0.1, -0.05) is 55.5 Å². The lowest BCUT2D eigenvalue weighted by molar-refractivity contribution is -0.117. The van der Waals surface area contributed by atoms with Crippen LogP contribution in [0, 0.1) is 0 Å². The molecule has 0 spiro atoms. The number of pyridine rings is 1. The van der Waals surface area contributed by atoms with E-state index >= 15 is 0 Å². The number of nitrogens with one attached hydrogen (secondary N) is 2. The lowest BCUT2D eigenvalue weighted by Gasteiger charge is -2.22. The fourth-order valence-corrected chi connectivity index (χ4v) is 4.35. The fourth-order valence-electron chi connectivity index (χ4n) is 4.35. The number of fused-ring (bicyclic) bond motifs is 1. The predicted molar refractivity (Wildman–Crippen MR) is 159 cm³/mol. The van der Waals surface area contributed by atoms with Crippen molar-refractivity contribution in [3.05, 3.63) is 107 Å². The van der Waals surface area contributed by atoms with Gasteiger partial charge in [-0.15, -0.1) is 0 Å². The Hall–Kier alpha value is -4.72. The van der Waals surface area contributed by atoms with Crippen molar-refractivity contribution < 1.29 is 23.9 Å². The number of aromatic nitrogens is 1. The van der Waals surface area contributed by atoms with E-state index in [0.717, 1.165) is 28.3 Å². The Balaban J connectivity index is 1.48. The van der Waals surface area contributed by atoms with Crippen molar-refractivity contribution in [2.45, 2.75) is 52.2 Å². The van der Waals surface area contributed by atoms with Gasteiger partial charge in [0.2, 0.25) is 5.91 Å². The maximum atomic E-state index is 13.5. The number of amides is 2. The number of hydrogen-bond acceptors (Lipinski definition) is 6. The number of anilines is 1. The molecule has 0 saturated heterocycles. The monoisotopic (exact) mass is 553 g/mol. The third-order valence-electron chi connectivity index (χ3n) is 6.44. The summed E-state index contributed by atoms with van der Waals surface area (Å²) in [4.78, 5) is 42.6. The molecule has 212 valence electrons. The van der Waals surface area contributed by atoms with E-state index in [0.29, 0.717) is 16.8 Å². The number of carbonyl (C=O) groups excluding carboxylic acids is 3. The highest BCUT2D eigenvalue weighted by Gasteiger charge is 2.24. The van der Waals surface area contributed by atoms with E-state index in [1.165, 1.54) is 0 Å². The number of aryl methyl sites for hydroxylation is 1. The highest BCUT2D eigenvalue weighted by Crippen LogP contribution is 2.23. The van der Waals surface area contributed by atoms with Gasteiger partial charge in [-0.3, -0.25) is 9.78 Å². The zero-order valence-electron chi connectivity index (χ0n) is 23.8. The van der Waals surface area contributed by atoms with Gasteiger partial charge in [-0.2, -0.15) is 0 Å². The van der Waals surface area contributed by atoms with Gasteiger partial charge >= 0.3 is 12.1 Å². The van der Waals surface area contributed by atoms with E-state index in [1.807, 2.05) is 61.5 Å². The van der Waals surface area contributed by atoms with Crippen LogP contribution < -0.4 is 10.6 Å². The highest BCUT2D eigenvalue weighted by atomic mass is 16.6. The first-order chi connectivity index (χ1) is 19.6. The Kier molecular flexibility index (Phi) is 9.34. The number of nitrogens with zero attached hydrogens (tertiary/aromatic N) is 1. The topological polar surface area (TPSA) is 107 Å². The smallest absolute Gasteiger partial charge is 0.407 e. The molecule has 0 aliphatic rings. The van der Waals surface area contributed by atoms with Crippen LogP contribution in [0.25, 0.3) is 10.8 Å². The maximum absolute atomic E-state index is 13.5. The van der Waals surface area contributed by atoms with Gasteiger partial charge in [-0.05, 0) is 73.5 Å². The summed E-state index contributed by atoms with van der Waals surface area (Å²) in [6.07, 6.45) is 3.58. The van der Waals surface area contributed by atoms with Crippen LogP contribution in [-0.2, 0) is 27.3 Å². The molecule has 0 saturated carbocycles. The summed E-state index contributed by atoms with van der Waals surface area (Å²) in [5.41, 5.74) is 2.92. The molecule has 1 unspecified atom stereocenters. The quantitative estimate of drug-likeness (QED) is 0.232. The normalized spacial score (nSPS) is 11.9. The van der Waals surface area contributed by atoms with Gasteiger partial charge in [0.15, 0.2) is 0 Å². The first kappa shape index (κ1) is 29.3. The summed E-state index contributed by atoms with van der Waals surface area (Å²) in [6, 6.07) is 22.1. The van der Waals surface area contributed by atoms with Gasteiger partial charge in [0.1, 0.15) is 12.2 Å². The zero-order chi connectivity index (χ0) is 29.4. The van der Waals surface area contributed by atoms with E-state index in [4.69, 9.17) is 9.47 Å². The Morgan fingerprint density at radius 2 is 1.68 bits per heavy atom. The lowest BCUT2D eigenvalue weighted by atomic mass is 9.96. The Morgan fingerprint density at radius 3 is 2.41 bits per heavy atom. The number of benzene rings is 3. The number of hydrogen-bond donors (Lipinski definition) is 2. The molecule has 4 aromatic rings. The molecular formula is C33H35N3O5. The van der Waals surface area contributed by atoms with Crippen LogP contribution in [0.15, 0.2) is 85.2 Å². The van der Waals surface area contributed by atoms with E-state index in [1.54, 1.807) is 51.4 Å². The van der Waals surface area contributed by atoms with Crippen molar-refractivity contribution in [3.63, 3.8) is 0 Å². The van der Waals surface area contributed by atoms with Crippen molar-refractivity contribution in [1.82, 2.24) is 10.3 Å². The molecule has 0 aliphatic heterocycles. The molecule has 1 heterocycles. The Bertz CT molecular complexity index is 1530. The van der Waals surface area contributed by atoms with Crippen LogP contribution >= 0.6 is 0 Å². The molecular weight excluding hydrogens is 518 g/mol. The predicted octanol–water partition coefficient (Wildman–Crippen LogP) is 6.40. The third kappa shape index (κ3) is 8.14. The summed E-state index contributed by atoms with van der Waals surface area (Å²) < 4.78 is 10.9. The van der Waals surface area contributed by atoms with E-state index in [9.17, 15) is 14.4 Å². The van der Waals surface area contributed by atoms with Gasteiger partial charge in [0, 0.05) is 30.0 Å². The van der Waals surface area contributed by atoms with E-state index in [2.05, 4.69) is 15.6 Å². The zero-order valence-corrected chi connectivity index (χ0v) is 23.8. The van der Waals surface area contributed by atoms with Gasteiger partial charge in [-0.25, -0.2) is 9.59 Å². The molecule has 1 aromatic heterocycles. The summed E-state index contributed by atoms with van der Waals surface area (Å²) in [5, 5.41) is 7.59. The second kappa shape index (κ2) is 13.1. The average Bonchev–Trinajstić information content (AvgIpc) is 2.95. The van der Waals surface area contributed by atoms with Crippen LogP contribution in [0.1, 0.15) is 60.7 Å². The number of ether oxygens (including phenoxy) is 2. The summed E-state index contributed by atoms with van der Waals surface area (Å²) in [7, 11) is 0. The number of esters is 1. The average molecular weight is 554 g/mol. The minimum absolute atomic E-state index is 0.0282. The standard InChI is InChI=1S/C33H35N3O5/c1-5-23-8-6-7-9-28(23)31(38)40-21-22-10-12-24(13-11-22)29(20-35-32(39)41-33(2,3)4)30(37)36-27-15-14-26-19-34-17-16-25(26)18-27/h6-19,29H,5,20-21H2,1-4H3,(H,35,39)(H,36,37). The second-order valence-corrected chi connectivity index (χ2v) is 10.7. The molecule has 8 nitrogen and oxygen atoms in total. The first-order valence-electron chi connectivity index (χ1n) is 13.6. The van der Waals surface area contributed by atoms with Crippen molar-refractivity contribution >= 4 is 34.4 Å². The molecule has 0 bridgehead atoms. The van der Waals surface area contributed by atoms with Crippen molar-refractivity contribution in [1.29, 1.82) is 0 Å². The summed E-state index contributed by atoms with van der Waals surface area (Å²) >= 11 is 0. The molecule has 4 rings (SSSR count). The van der Waals surface area contributed by atoms with Gasteiger partial charge < -0.3 is 20.1 Å². The van der Waals surface area contributed by atoms with Crippen LogP contribution in [0.5, 0.6) is 0 Å². The summed E-state index contributed by atoms with van der Waals surface area (Å²) in [6.45, 7) is 7.44. The second-order valence-electron chi connectivity index (χ2n) is 10.7. The molecule has 2 N–H and O–H groups in total. The number of rotatable bonds is 9. The Morgan fingerprint density at radius 1 is 0.927 bits per heavy atom. The minimum Gasteiger partial charge on any atom is -0.457 e. The van der Waals surface area contributed by atoms with Gasteiger partial charge in [0.25, 0.3) is 0 Å². The van der Waals surface area contributed by atoms with Crippen molar-refractivity contribution in [2.75, 3.05) is 11.9 Å². The lowest BCUT2D eigenvalue weighted by Crippen LogP contribution is -2.37. The highest BCUT2D eigenvalue weighted by molar-refractivity contribution is 5.98. The van der Waals surface area contributed by atoms with Crippen LogP contribution in [0.2, 0.25) is 0 Å². The molecule has 3 aromatic carbocycles. The molecule has 41 heavy (non-hydrogen) atoms. The first-order valence-corrected chi connectivity index (χ1v) is 13.6. The SMILES string of the molecule is CCc1ccccc1C(=O)OCc1ccc(C(CNC(=O)OC(C)(C)C)C(=O)Nc2ccc3cnccc3c2)cc1. The minimum atomic E-state index is -0.705. The molecule has 8 heteroatoms. The maximum Gasteiger partial charge on any atom is 0.407 e. The molecule has 0 radical (unpaired) electrons.